The molecule has 0 aromatic heterocycles. The highest BCUT2D eigenvalue weighted by molar-refractivity contribution is 7.99. The van der Waals surface area contributed by atoms with Gasteiger partial charge in [0, 0.05) is 21.2 Å². The highest BCUT2D eigenvalue weighted by Crippen LogP contribution is 2.37. The molecule has 4 heteroatoms. The minimum atomic E-state index is -0.229. The monoisotopic (exact) mass is 295 g/mol. The Morgan fingerprint density at radius 3 is 2.16 bits per heavy atom. The van der Waals surface area contributed by atoms with Crippen LogP contribution in [0.15, 0.2) is 53.4 Å². The summed E-state index contributed by atoms with van der Waals surface area (Å²) in [6.07, 6.45) is 0. The van der Waals surface area contributed by atoms with Crippen molar-refractivity contribution < 1.29 is 4.39 Å². The molecule has 0 aliphatic carbocycles. The zero-order valence-corrected chi connectivity index (χ0v) is 12.1. The van der Waals surface area contributed by atoms with Gasteiger partial charge < -0.3 is 5.73 Å². The van der Waals surface area contributed by atoms with E-state index < -0.39 is 0 Å². The van der Waals surface area contributed by atoms with Gasteiger partial charge in [-0.3, -0.25) is 0 Å². The van der Waals surface area contributed by atoms with Crippen LogP contribution >= 0.6 is 23.4 Å². The SMILES string of the molecule is CC(N)C(Sc1ccc(F)cc1)c1ccc(Cl)cc1. The number of thioether (sulfide) groups is 1. The Morgan fingerprint density at radius 1 is 1.05 bits per heavy atom. The van der Waals surface area contributed by atoms with Crippen LogP contribution in [0, 0.1) is 5.82 Å². The summed E-state index contributed by atoms with van der Waals surface area (Å²) in [5, 5.41) is 0.821. The second-order valence-electron chi connectivity index (χ2n) is 4.40. The van der Waals surface area contributed by atoms with Gasteiger partial charge in [-0.15, -0.1) is 11.8 Å². The van der Waals surface area contributed by atoms with Gasteiger partial charge in [0.25, 0.3) is 0 Å². The first-order valence-corrected chi connectivity index (χ1v) is 7.25. The highest BCUT2D eigenvalue weighted by atomic mass is 35.5. The smallest absolute Gasteiger partial charge is 0.123 e. The van der Waals surface area contributed by atoms with Gasteiger partial charge in [-0.1, -0.05) is 23.7 Å². The average Bonchev–Trinajstić information content (AvgIpc) is 2.39. The summed E-state index contributed by atoms with van der Waals surface area (Å²) in [4.78, 5) is 0.999. The van der Waals surface area contributed by atoms with E-state index in [1.807, 2.05) is 31.2 Å². The zero-order valence-electron chi connectivity index (χ0n) is 10.5. The van der Waals surface area contributed by atoms with Crippen molar-refractivity contribution in [3.05, 3.63) is 64.9 Å². The second-order valence-corrected chi connectivity index (χ2v) is 6.05. The summed E-state index contributed by atoms with van der Waals surface area (Å²) in [5.74, 6) is -0.229. The van der Waals surface area contributed by atoms with Crippen molar-refractivity contribution >= 4 is 23.4 Å². The molecule has 0 spiro atoms. The van der Waals surface area contributed by atoms with Crippen molar-refractivity contribution in [2.45, 2.75) is 23.1 Å². The van der Waals surface area contributed by atoms with Gasteiger partial charge in [-0.05, 0) is 48.9 Å². The quantitative estimate of drug-likeness (QED) is 0.830. The zero-order chi connectivity index (χ0) is 13.8. The maximum absolute atomic E-state index is 12.9. The Hall–Kier alpha value is -1.03. The van der Waals surface area contributed by atoms with E-state index in [-0.39, 0.29) is 17.1 Å². The van der Waals surface area contributed by atoms with Crippen molar-refractivity contribution in [2.75, 3.05) is 0 Å². The van der Waals surface area contributed by atoms with Gasteiger partial charge >= 0.3 is 0 Å². The summed E-state index contributed by atoms with van der Waals surface area (Å²) >= 11 is 7.52. The Morgan fingerprint density at radius 2 is 1.63 bits per heavy atom. The normalized spacial score (nSPS) is 14.1. The van der Waals surface area contributed by atoms with Crippen LogP contribution in [0.2, 0.25) is 5.02 Å². The molecule has 100 valence electrons. The van der Waals surface area contributed by atoms with Gasteiger partial charge in [0.1, 0.15) is 5.82 Å². The molecule has 0 heterocycles. The first-order valence-electron chi connectivity index (χ1n) is 5.99. The van der Waals surface area contributed by atoms with Gasteiger partial charge in [0.15, 0.2) is 0 Å². The van der Waals surface area contributed by atoms with E-state index in [1.54, 1.807) is 23.9 Å². The number of halogens is 2. The summed E-state index contributed by atoms with van der Waals surface area (Å²) in [6.45, 7) is 1.97. The molecule has 0 aliphatic rings. The third-order valence-corrected chi connectivity index (χ3v) is 4.50. The summed E-state index contributed by atoms with van der Waals surface area (Å²) in [6, 6.07) is 14.1. The van der Waals surface area contributed by atoms with E-state index in [0.717, 1.165) is 10.5 Å². The molecule has 0 amide bonds. The average molecular weight is 296 g/mol. The predicted molar refractivity (Wildman–Crippen MR) is 80.1 cm³/mol. The third-order valence-electron chi connectivity index (χ3n) is 2.75. The van der Waals surface area contributed by atoms with Crippen molar-refractivity contribution in [2.24, 2.45) is 5.73 Å². The van der Waals surface area contributed by atoms with Crippen LogP contribution in [-0.4, -0.2) is 6.04 Å². The first-order chi connectivity index (χ1) is 9.06. The molecular weight excluding hydrogens is 281 g/mol. The molecule has 0 fully saturated rings. The molecule has 2 rings (SSSR count). The molecule has 0 saturated heterocycles. The molecule has 2 aromatic rings. The first kappa shape index (κ1) is 14.4. The number of nitrogens with two attached hydrogens (primary N) is 1. The molecule has 2 unspecified atom stereocenters. The van der Waals surface area contributed by atoms with Crippen molar-refractivity contribution in [3.8, 4) is 0 Å². The van der Waals surface area contributed by atoms with E-state index >= 15 is 0 Å². The second kappa shape index (κ2) is 6.42. The lowest BCUT2D eigenvalue weighted by atomic mass is 10.1. The van der Waals surface area contributed by atoms with Crippen LogP contribution in [0.25, 0.3) is 0 Å². The molecule has 0 aliphatic heterocycles. The summed E-state index contributed by atoms with van der Waals surface area (Å²) in [5.41, 5.74) is 7.18. The van der Waals surface area contributed by atoms with Crippen LogP contribution in [0.1, 0.15) is 17.7 Å². The summed E-state index contributed by atoms with van der Waals surface area (Å²) < 4.78 is 12.9. The molecule has 2 atom stereocenters. The van der Waals surface area contributed by atoms with Crippen LogP contribution < -0.4 is 5.73 Å². The molecular formula is C15H15ClFNS. The largest absolute Gasteiger partial charge is 0.327 e. The minimum Gasteiger partial charge on any atom is -0.327 e. The van der Waals surface area contributed by atoms with Crippen molar-refractivity contribution in [1.82, 2.24) is 0 Å². The fourth-order valence-corrected chi connectivity index (χ4v) is 3.01. The summed E-state index contributed by atoms with van der Waals surface area (Å²) in [7, 11) is 0. The minimum absolute atomic E-state index is 0.0174. The molecule has 2 aromatic carbocycles. The van der Waals surface area contributed by atoms with Crippen molar-refractivity contribution in [1.29, 1.82) is 0 Å². The number of hydrogen-bond acceptors (Lipinski definition) is 2. The molecule has 0 bridgehead atoms. The maximum atomic E-state index is 12.9. The molecule has 1 nitrogen and oxygen atoms in total. The Kier molecular flexibility index (Phi) is 4.86. The van der Waals surface area contributed by atoms with Gasteiger partial charge in [0.05, 0.1) is 0 Å². The van der Waals surface area contributed by atoms with Gasteiger partial charge in [-0.2, -0.15) is 0 Å². The molecule has 19 heavy (non-hydrogen) atoms. The van der Waals surface area contributed by atoms with Gasteiger partial charge in [0.2, 0.25) is 0 Å². The topological polar surface area (TPSA) is 26.0 Å². The van der Waals surface area contributed by atoms with E-state index in [4.69, 9.17) is 17.3 Å². The lowest BCUT2D eigenvalue weighted by Gasteiger charge is -2.21. The predicted octanol–water partition coefficient (Wildman–Crippen LogP) is 4.66. The number of rotatable bonds is 4. The molecule has 0 saturated carbocycles. The van der Waals surface area contributed by atoms with Crippen LogP contribution in [-0.2, 0) is 0 Å². The van der Waals surface area contributed by atoms with Crippen LogP contribution in [0.4, 0.5) is 4.39 Å². The highest BCUT2D eigenvalue weighted by Gasteiger charge is 2.17. The fourth-order valence-electron chi connectivity index (χ4n) is 1.79. The molecule has 2 N–H and O–H groups in total. The van der Waals surface area contributed by atoms with E-state index in [2.05, 4.69) is 0 Å². The lowest BCUT2D eigenvalue weighted by molar-refractivity contribution is 0.626. The third kappa shape index (κ3) is 3.96. The molecule has 0 radical (unpaired) electrons. The van der Waals surface area contributed by atoms with Gasteiger partial charge in [-0.25, -0.2) is 4.39 Å². The fraction of sp³-hybridized carbons (Fsp3) is 0.200. The van der Waals surface area contributed by atoms with Crippen LogP contribution in [0.5, 0.6) is 0 Å². The Labute approximate surface area is 122 Å². The number of benzene rings is 2. The number of hydrogen-bond donors (Lipinski definition) is 1. The Bertz CT molecular complexity index is 525. The maximum Gasteiger partial charge on any atom is 0.123 e. The lowest BCUT2D eigenvalue weighted by Crippen LogP contribution is -2.22. The standard InChI is InChI=1S/C15H15ClFNS/c1-10(18)15(11-2-4-12(16)5-3-11)19-14-8-6-13(17)7-9-14/h2-10,15H,18H2,1H3. The Balaban J connectivity index is 2.21. The van der Waals surface area contributed by atoms with E-state index in [0.29, 0.717) is 5.02 Å². The van der Waals surface area contributed by atoms with E-state index in [1.165, 1.54) is 12.1 Å². The van der Waals surface area contributed by atoms with Crippen molar-refractivity contribution in [3.63, 3.8) is 0 Å². The van der Waals surface area contributed by atoms with E-state index in [9.17, 15) is 4.39 Å². The van der Waals surface area contributed by atoms with Crippen LogP contribution in [0.3, 0.4) is 0 Å².